The molecule has 0 spiro atoms. The Kier molecular flexibility index (Phi) is 36.6. The average Bonchev–Trinajstić information content (AvgIpc) is 3.32. The summed E-state index contributed by atoms with van der Waals surface area (Å²) in [6.45, 7) is 2.62. The van der Waals surface area contributed by atoms with Gasteiger partial charge in [-0.3, -0.25) is 23.2 Å². The molecule has 1 aliphatic carbocycles. The highest BCUT2D eigenvalue weighted by Gasteiger charge is 2.54. The molecule has 9 N–H and O–H groups in total. The maximum absolute atomic E-state index is 13.0. The lowest BCUT2D eigenvalue weighted by atomic mass is 9.85. The number of aliphatic hydroxyl groups excluding tert-OH is 6. The Morgan fingerprint density at radius 2 is 1.07 bits per heavy atom. The Morgan fingerprint density at radius 3 is 1.70 bits per heavy atom. The third kappa shape index (κ3) is 34.4. The molecule has 0 aromatic carbocycles. The molecule has 1 rings (SSSR count). The molecule has 0 amide bonds. The van der Waals surface area contributed by atoms with Crippen LogP contribution in [-0.4, -0.2) is 125 Å². The maximum atomic E-state index is 13.0. The van der Waals surface area contributed by atoms with Gasteiger partial charge in [0.05, 0.1) is 18.8 Å². The van der Waals surface area contributed by atoms with Crippen LogP contribution in [0, 0.1) is 0 Å². The molecule has 1 aliphatic rings. The summed E-state index contributed by atoms with van der Waals surface area (Å²) < 4.78 is 49.2. The largest absolute Gasteiger partial charge is 0.472 e. The van der Waals surface area contributed by atoms with Crippen LogP contribution in [0.2, 0.25) is 0 Å². The van der Waals surface area contributed by atoms with Crippen molar-refractivity contribution in [2.75, 3.05) is 13.2 Å². The molecule has 1 fully saturated rings. The van der Waals surface area contributed by atoms with E-state index in [2.05, 4.69) is 60.1 Å². The second kappa shape index (κ2) is 39.8. The summed E-state index contributed by atoms with van der Waals surface area (Å²) in [5.41, 5.74) is 0. The molecule has 0 saturated heterocycles. The van der Waals surface area contributed by atoms with Gasteiger partial charge in [0.1, 0.15) is 43.2 Å². The van der Waals surface area contributed by atoms with Crippen molar-refractivity contribution in [3.8, 4) is 0 Å². The Balaban J connectivity index is 2.71. The number of hydrogen-bond acceptors (Lipinski definition) is 15. The van der Waals surface area contributed by atoms with Crippen molar-refractivity contribution in [1.82, 2.24) is 0 Å². The molecular formula is C51H80O18P2. The number of aliphatic hydroxyl groups is 6. The molecule has 20 heteroatoms. The van der Waals surface area contributed by atoms with Gasteiger partial charge >= 0.3 is 27.6 Å². The van der Waals surface area contributed by atoms with Gasteiger partial charge in [0.15, 0.2) is 6.10 Å². The molecule has 18 nitrogen and oxygen atoms in total. The number of carbonyl (C=O) groups is 2. The summed E-state index contributed by atoms with van der Waals surface area (Å²) >= 11 is 0. The number of rotatable bonds is 38. The van der Waals surface area contributed by atoms with Gasteiger partial charge in [0.25, 0.3) is 0 Å². The SMILES string of the molecule is CC/C=C\C/C=C\C/C=C\C/C=C\CCCCCCC(=O)OC[C@H](COP(=O)(O)O[C@H]1C(O)C(O)C(O)[C@@H](OP(=O)(O)O)C1O)OC(=O)CCC/C=C\[C@@H](O)/C=C/C=C\C/C=C\C=C\[C@@H](O)C/C=C\CC. The van der Waals surface area contributed by atoms with Crippen molar-refractivity contribution in [3.05, 3.63) is 122 Å². The van der Waals surface area contributed by atoms with E-state index in [0.29, 0.717) is 25.7 Å². The van der Waals surface area contributed by atoms with Crippen molar-refractivity contribution < 1.29 is 87.1 Å². The monoisotopic (exact) mass is 1040 g/mol. The first-order chi connectivity index (χ1) is 33.9. The average molecular weight is 1040 g/mol. The number of allylic oxidation sites excluding steroid dienone is 16. The van der Waals surface area contributed by atoms with Gasteiger partial charge in [-0.2, -0.15) is 0 Å². The summed E-state index contributed by atoms with van der Waals surface area (Å²) in [6.07, 6.45) is 32.1. The summed E-state index contributed by atoms with van der Waals surface area (Å²) in [6, 6.07) is 0. The smallest absolute Gasteiger partial charge is 0.462 e. The molecule has 1 saturated carbocycles. The van der Waals surface area contributed by atoms with Gasteiger partial charge in [-0.15, -0.1) is 0 Å². The van der Waals surface area contributed by atoms with Crippen molar-refractivity contribution in [2.45, 2.75) is 172 Å². The normalized spacial score (nSPS) is 22.8. The van der Waals surface area contributed by atoms with Crippen LogP contribution in [0.3, 0.4) is 0 Å². The van der Waals surface area contributed by atoms with E-state index in [4.69, 9.17) is 18.5 Å². The standard InChI is InChI=1S/C51H80O18P2/c1-3-5-7-8-9-10-11-12-13-14-15-16-17-18-22-25-31-37-44(54)65-39-43(40-66-71(63,64)69-51-48(58)46(56)47(57)50(49(51)59)68-70(60,61)62)67-45(55)38-32-26-30-36-42(53)35-29-24-21-19-20-23-28-34-41(52)33-27-6-4-2/h5-7,9-10,12-13,15-16,20-21,23-24,27-30,34-36,41-43,46-53,56-59H,3-4,8,11,14,17-19,22,25-26,31-33,37-40H2,1-2H3,(H,63,64)(H2,60,61,62)/b7-5-,10-9-,13-12-,16-15-,23-20-,24-21-,27-6-,34-28+,35-29+,36-30-/t41-,42-,43+,46?,47?,48?,49?,50+,51-/m0/s1. The maximum Gasteiger partial charge on any atom is 0.472 e. The van der Waals surface area contributed by atoms with E-state index in [1.165, 1.54) is 6.08 Å². The highest BCUT2D eigenvalue weighted by Crippen LogP contribution is 2.49. The van der Waals surface area contributed by atoms with E-state index in [1.54, 1.807) is 36.5 Å². The summed E-state index contributed by atoms with van der Waals surface area (Å²) in [5, 5.41) is 61.4. The predicted octanol–water partition coefficient (Wildman–Crippen LogP) is 7.44. The first-order valence-corrected chi connectivity index (χ1v) is 27.3. The molecule has 0 aromatic rings. The lowest BCUT2D eigenvalue weighted by Crippen LogP contribution is -2.64. The number of phosphoric ester groups is 2. The fourth-order valence-corrected chi connectivity index (χ4v) is 8.00. The van der Waals surface area contributed by atoms with Crippen LogP contribution < -0.4 is 0 Å². The van der Waals surface area contributed by atoms with Crippen LogP contribution >= 0.6 is 15.6 Å². The highest BCUT2D eigenvalue weighted by atomic mass is 31.2. The number of ether oxygens (including phenoxy) is 2. The van der Waals surface area contributed by atoms with Gasteiger partial charge in [-0.05, 0) is 77.0 Å². The van der Waals surface area contributed by atoms with E-state index in [9.17, 15) is 64.0 Å². The molecule has 0 heterocycles. The zero-order valence-corrected chi connectivity index (χ0v) is 42.9. The minimum Gasteiger partial charge on any atom is -0.462 e. The van der Waals surface area contributed by atoms with Crippen molar-refractivity contribution in [3.63, 3.8) is 0 Å². The van der Waals surface area contributed by atoms with E-state index in [-0.39, 0.29) is 19.3 Å². The van der Waals surface area contributed by atoms with E-state index in [0.717, 1.165) is 57.8 Å². The number of phosphoric acid groups is 2. The summed E-state index contributed by atoms with van der Waals surface area (Å²) in [5.74, 6) is -1.43. The molecule has 0 bridgehead atoms. The molecule has 71 heavy (non-hydrogen) atoms. The highest BCUT2D eigenvalue weighted by molar-refractivity contribution is 7.47. The summed E-state index contributed by atoms with van der Waals surface area (Å²) in [7, 11) is -10.8. The zero-order chi connectivity index (χ0) is 52.8. The number of carbonyl (C=O) groups excluding carboxylic acids is 2. The molecule has 402 valence electrons. The van der Waals surface area contributed by atoms with Crippen molar-refractivity contribution >= 4 is 27.6 Å². The molecule has 0 aromatic heterocycles. The molecule has 0 radical (unpaired) electrons. The van der Waals surface area contributed by atoms with Gasteiger partial charge < -0.3 is 54.8 Å². The molecular weight excluding hydrogens is 962 g/mol. The predicted molar refractivity (Wildman–Crippen MR) is 271 cm³/mol. The minimum absolute atomic E-state index is 0.0413. The Morgan fingerprint density at radius 1 is 0.535 bits per heavy atom. The third-order valence-electron chi connectivity index (χ3n) is 10.2. The van der Waals surface area contributed by atoms with Crippen molar-refractivity contribution in [1.29, 1.82) is 0 Å². The summed E-state index contributed by atoms with van der Waals surface area (Å²) in [4.78, 5) is 54.3. The van der Waals surface area contributed by atoms with Gasteiger partial charge in [0, 0.05) is 12.8 Å². The number of unbranched alkanes of at least 4 members (excludes halogenated alkanes) is 5. The first kappa shape index (κ1) is 65.3. The third-order valence-corrected chi connectivity index (χ3v) is 11.7. The van der Waals surface area contributed by atoms with Crippen molar-refractivity contribution in [2.24, 2.45) is 0 Å². The van der Waals surface area contributed by atoms with Gasteiger partial charge in [-0.25, -0.2) is 9.13 Å². The van der Waals surface area contributed by atoms with Crippen LogP contribution in [0.15, 0.2) is 122 Å². The molecule has 5 unspecified atom stereocenters. The Hall–Kier alpha value is -3.68. The number of hydrogen-bond donors (Lipinski definition) is 9. The minimum atomic E-state index is -5.40. The Bertz CT molecular complexity index is 1860. The van der Waals surface area contributed by atoms with Crippen LogP contribution in [0.25, 0.3) is 0 Å². The first-order valence-electron chi connectivity index (χ1n) is 24.3. The fourth-order valence-electron chi connectivity index (χ4n) is 6.46. The lowest BCUT2D eigenvalue weighted by molar-refractivity contribution is -0.216. The van der Waals surface area contributed by atoms with Crippen LogP contribution in [0.1, 0.15) is 117 Å². The van der Waals surface area contributed by atoms with Crippen LogP contribution in [-0.2, 0) is 41.8 Å². The van der Waals surface area contributed by atoms with Gasteiger partial charge in [-0.1, -0.05) is 148 Å². The fraction of sp³-hybridized carbons (Fsp3) is 0.569. The van der Waals surface area contributed by atoms with E-state index < -0.39 is 95.7 Å². The quantitative estimate of drug-likeness (QED) is 0.00954. The van der Waals surface area contributed by atoms with E-state index in [1.807, 2.05) is 37.3 Å². The van der Waals surface area contributed by atoms with E-state index >= 15 is 0 Å². The zero-order valence-electron chi connectivity index (χ0n) is 41.1. The second-order valence-electron chi connectivity index (χ2n) is 16.5. The lowest BCUT2D eigenvalue weighted by Gasteiger charge is -2.43. The second-order valence-corrected chi connectivity index (χ2v) is 19.1. The number of esters is 2. The molecule has 10 atom stereocenters. The van der Waals surface area contributed by atoms with Gasteiger partial charge in [0.2, 0.25) is 0 Å². The topological polar surface area (TPSA) is 296 Å². The Labute approximate surface area is 419 Å². The molecule has 0 aliphatic heterocycles. The van der Waals surface area contributed by atoms with Crippen LogP contribution in [0.5, 0.6) is 0 Å². The van der Waals surface area contributed by atoms with Crippen LogP contribution in [0.4, 0.5) is 0 Å².